The van der Waals surface area contributed by atoms with Crippen molar-refractivity contribution in [3.8, 4) is 5.75 Å². The molecular formula is C14H21F2NO. The lowest BCUT2D eigenvalue weighted by molar-refractivity contribution is -0.0498. The minimum atomic E-state index is -2.78. The summed E-state index contributed by atoms with van der Waals surface area (Å²) in [6.07, 6.45) is 5.65. The van der Waals surface area contributed by atoms with E-state index in [1.54, 1.807) is 12.1 Å². The van der Waals surface area contributed by atoms with Gasteiger partial charge in [0.1, 0.15) is 5.75 Å². The van der Waals surface area contributed by atoms with Crippen molar-refractivity contribution < 1.29 is 13.5 Å². The van der Waals surface area contributed by atoms with E-state index in [1.165, 1.54) is 31.4 Å². The highest BCUT2D eigenvalue weighted by Gasteiger charge is 2.07. The van der Waals surface area contributed by atoms with Gasteiger partial charge in [-0.25, -0.2) is 0 Å². The Labute approximate surface area is 107 Å². The van der Waals surface area contributed by atoms with Crippen LogP contribution in [0.4, 0.5) is 8.78 Å². The zero-order valence-corrected chi connectivity index (χ0v) is 10.7. The van der Waals surface area contributed by atoms with Crippen LogP contribution in [-0.4, -0.2) is 6.61 Å². The minimum absolute atomic E-state index is 0.0255. The third-order valence-corrected chi connectivity index (χ3v) is 2.90. The maximum absolute atomic E-state index is 12.0. The van der Waals surface area contributed by atoms with Crippen molar-refractivity contribution in [2.45, 2.75) is 51.7 Å². The van der Waals surface area contributed by atoms with Crippen LogP contribution < -0.4 is 10.5 Å². The van der Waals surface area contributed by atoms with E-state index >= 15 is 0 Å². The first kappa shape index (κ1) is 14.9. The predicted octanol–water partition coefficient (Wildman–Crippen LogP) is 4.26. The smallest absolute Gasteiger partial charge is 0.387 e. The summed E-state index contributed by atoms with van der Waals surface area (Å²) in [4.78, 5) is 0. The molecule has 0 aromatic heterocycles. The highest BCUT2D eigenvalue weighted by Crippen LogP contribution is 2.21. The van der Waals surface area contributed by atoms with Crippen molar-refractivity contribution in [3.63, 3.8) is 0 Å². The summed E-state index contributed by atoms with van der Waals surface area (Å²) in [5.41, 5.74) is 7.01. The Hall–Kier alpha value is -1.16. The second-order valence-electron chi connectivity index (χ2n) is 4.40. The maximum Gasteiger partial charge on any atom is 0.387 e. The summed E-state index contributed by atoms with van der Waals surface area (Å²) in [5.74, 6) is 0.173. The fraction of sp³-hybridized carbons (Fsp3) is 0.571. The van der Waals surface area contributed by atoms with Gasteiger partial charge in [-0.1, -0.05) is 44.7 Å². The molecule has 0 saturated carbocycles. The monoisotopic (exact) mass is 257 g/mol. The third-order valence-electron chi connectivity index (χ3n) is 2.90. The zero-order valence-electron chi connectivity index (χ0n) is 10.7. The van der Waals surface area contributed by atoms with Crippen molar-refractivity contribution in [3.05, 3.63) is 29.8 Å². The van der Waals surface area contributed by atoms with Gasteiger partial charge in [-0.15, -0.1) is 0 Å². The summed E-state index contributed by atoms with van der Waals surface area (Å²) in [6, 6.07) is 6.55. The summed E-state index contributed by atoms with van der Waals surface area (Å²) in [7, 11) is 0. The Morgan fingerprint density at radius 2 is 1.78 bits per heavy atom. The highest BCUT2D eigenvalue weighted by atomic mass is 19.3. The first-order valence-electron chi connectivity index (χ1n) is 6.43. The molecule has 18 heavy (non-hydrogen) atoms. The SMILES string of the molecule is CCCCCCC(N)c1ccc(OC(F)F)cc1. The van der Waals surface area contributed by atoms with Crippen molar-refractivity contribution in [1.82, 2.24) is 0 Å². The fourth-order valence-corrected chi connectivity index (χ4v) is 1.85. The Bertz CT molecular complexity index is 327. The number of ether oxygens (including phenoxy) is 1. The second-order valence-corrected chi connectivity index (χ2v) is 4.40. The van der Waals surface area contributed by atoms with Gasteiger partial charge in [0.2, 0.25) is 0 Å². The molecule has 0 amide bonds. The summed E-state index contributed by atoms with van der Waals surface area (Å²) >= 11 is 0. The van der Waals surface area contributed by atoms with E-state index in [0.717, 1.165) is 18.4 Å². The zero-order chi connectivity index (χ0) is 13.4. The number of alkyl halides is 2. The maximum atomic E-state index is 12.0. The van der Waals surface area contributed by atoms with Crippen LogP contribution in [0.5, 0.6) is 5.75 Å². The van der Waals surface area contributed by atoms with Gasteiger partial charge in [-0.05, 0) is 24.1 Å². The summed E-state index contributed by atoms with van der Waals surface area (Å²) in [5, 5.41) is 0. The van der Waals surface area contributed by atoms with E-state index < -0.39 is 6.61 Å². The van der Waals surface area contributed by atoms with E-state index in [4.69, 9.17) is 5.73 Å². The Kier molecular flexibility index (Phi) is 6.65. The van der Waals surface area contributed by atoms with Crippen molar-refractivity contribution in [1.29, 1.82) is 0 Å². The lowest BCUT2D eigenvalue weighted by Crippen LogP contribution is -2.10. The number of benzene rings is 1. The van der Waals surface area contributed by atoms with Gasteiger partial charge in [0.25, 0.3) is 0 Å². The molecular weight excluding hydrogens is 236 g/mol. The topological polar surface area (TPSA) is 35.2 Å². The van der Waals surface area contributed by atoms with Crippen molar-refractivity contribution >= 4 is 0 Å². The second kappa shape index (κ2) is 8.03. The van der Waals surface area contributed by atoms with E-state index in [9.17, 15) is 8.78 Å². The fourth-order valence-electron chi connectivity index (χ4n) is 1.85. The van der Waals surface area contributed by atoms with E-state index in [1.807, 2.05) is 0 Å². The van der Waals surface area contributed by atoms with E-state index in [2.05, 4.69) is 11.7 Å². The average molecular weight is 257 g/mol. The summed E-state index contributed by atoms with van der Waals surface area (Å²) < 4.78 is 28.2. The number of hydrogen-bond donors (Lipinski definition) is 1. The molecule has 0 radical (unpaired) electrons. The number of nitrogens with two attached hydrogens (primary N) is 1. The molecule has 1 unspecified atom stereocenters. The molecule has 0 aliphatic carbocycles. The van der Waals surface area contributed by atoms with Gasteiger partial charge in [0.15, 0.2) is 0 Å². The van der Waals surface area contributed by atoms with Crippen LogP contribution in [-0.2, 0) is 0 Å². The lowest BCUT2D eigenvalue weighted by Gasteiger charge is -2.12. The molecule has 1 atom stereocenters. The molecule has 0 aliphatic rings. The van der Waals surface area contributed by atoms with Gasteiger partial charge >= 0.3 is 6.61 Å². The Morgan fingerprint density at radius 1 is 1.11 bits per heavy atom. The van der Waals surface area contributed by atoms with Gasteiger partial charge in [0.05, 0.1) is 0 Å². The minimum Gasteiger partial charge on any atom is -0.435 e. The van der Waals surface area contributed by atoms with Crippen LogP contribution in [0.2, 0.25) is 0 Å². The quantitative estimate of drug-likeness (QED) is 0.706. The van der Waals surface area contributed by atoms with Gasteiger partial charge in [-0.3, -0.25) is 0 Å². The number of halogens is 2. The van der Waals surface area contributed by atoms with E-state index in [-0.39, 0.29) is 11.8 Å². The van der Waals surface area contributed by atoms with Crippen LogP contribution in [0.25, 0.3) is 0 Å². The standard InChI is InChI=1S/C14H21F2NO/c1-2-3-4-5-6-13(17)11-7-9-12(10-8-11)18-14(15)16/h7-10,13-14H,2-6,17H2,1H3. The van der Waals surface area contributed by atoms with Crippen LogP contribution >= 0.6 is 0 Å². The first-order valence-corrected chi connectivity index (χ1v) is 6.43. The number of unbranched alkanes of at least 4 members (excludes halogenated alkanes) is 3. The normalized spacial score (nSPS) is 12.7. The predicted molar refractivity (Wildman–Crippen MR) is 68.8 cm³/mol. The van der Waals surface area contributed by atoms with Crippen LogP contribution in [0.15, 0.2) is 24.3 Å². The molecule has 0 bridgehead atoms. The van der Waals surface area contributed by atoms with Gasteiger partial charge < -0.3 is 10.5 Å². The average Bonchev–Trinajstić information content (AvgIpc) is 2.34. The molecule has 0 heterocycles. The van der Waals surface area contributed by atoms with Crippen molar-refractivity contribution in [2.75, 3.05) is 0 Å². The Morgan fingerprint density at radius 3 is 2.33 bits per heavy atom. The van der Waals surface area contributed by atoms with Crippen molar-refractivity contribution in [2.24, 2.45) is 5.73 Å². The number of rotatable bonds is 8. The molecule has 1 rings (SSSR count). The van der Waals surface area contributed by atoms with Crippen LogP contribution in [0.1, 0.15) is 50.6 Å². The highest BCUT2D eigenvalue weighted by molar-refractivity contribution is 5.29. The molecule has 1 aromatic rings. The lowest BCUT2D eigenvalue weighted by atomic mass is 10.0. The molecule has 0 spiro atoms. The number of hydrogen-bond acceptors (Lipinski definition) is 2. The molecule has 0 fully saturated rings. The van der Waals surface area contributed by atoms with Gasteiger partial charge in [0, 0.05) is 6.04 Å². The molecule has 102 valence electrons. The Balaban J connectivity index is 2.41. The third kappa shape index (κ3) is 5.45. The molecule has 2 N–H and O–H groups in total. The molecule has 4 heteroatoms. The molecule has 0 aliphatic heterocycles. The first-order chi connectivity index (χ1) is 8.63. The molecule has 0 saturated heterocycles. The largest absolute Gasteiger partial charge is 0.435 e. The molecule has 1 aromatic carbocycles. The summed E-state index contributed by atoms with van der Waals surface area (Å²) in [6.45, 7) is -0.611. The van der Waals surface area contributed by atoms with E-state index in [0.29, 0.717) is 0 Å². The molecule has 2 nitrogen and oxygen atoms in total. The van der Waals surface area contributed by atoms with Crippen LogP contribution in [0, 0.1) is 0 Å². The van der Waals surface area contributed by atoms with Gasteiger partial charge in [-0.2, -0.15) is 8.78 Å². The van der Waals surface area contributed by atoms with Crippen LogP contribution in [0.3, 0.4) is 0 Å².